The third-order valence-corrected chi connectivity index (χ3v) is 5.51. The summed E-state index contributed by atoms with van der Waals surface area (Å²) in [5.41, 5.74) is -2.18. The lowest BCUT2D eigenvalue weighted by molar-refractivity contribution is -0.142. The molecule has 0 radical (unpaired) electrons. The van der Waals surface area contributed by atoms with Gasteiger partial charge in [-0.25, -0.2) is 14.3 Å². The lowest BCUT2D eigenvalue weighted by Gasteiger charge is -2.10. The lowest BCUT2D eigenvalue weighted by Crippen LogP contribution is -2.17. The van der Waals surface area contributed by atoms with Crippen molar-refractivity contribution >= 4 is 46.1 Å². The fourth-order valence-electron chi connectivity index (χ4n) is 2.90. The molecule has 4 heterocycles. The van der Waals surface area contributed by atoms with E-state index >= 15 is 0 Å². The van der Waals surface area contributed by atoms with Gasteiger partial charge in [0.1, 0.15) is 5.02 Å². The first-order chi connectivity index (χ1) is 15.1. The van der Waals surface area contributed by atoms with Gasteiger partial charge in [-0.15, -0.1) is 11.3 Å². The van der Waals surface area contributed by atoms with Crippen LogP contribution < -0.4 is 5.32 Å². The number of thiophene rings is 1. The minimum atomic E-state index is -4.79. The monoisotopic (exact) mass is 484 g/mol. The lowest BCUT2D eigenvalue weighted by atomic mass is 10.2. The summed E-state index contributed by atoms with van der Waals surface area (Å²) >= 11 is 7.42. The predicted octanol–water partition coefficient (Wildman–Crippen LogP) is 3.90. The average Bonchev–Trinajstić information content (AvgIpc) is 3.46. The first-order valence-corrected chi connectivity index (χ1v) is 9.99. The number of rotatable bonds is 4. The number of nitrogens with one attached hydrogen (secondary N) is 1. The Morgan fingerprint density at radius 3 is 2.62 bits per heavy atom. The van der Waals surface area contributed by atoms with Crippen LogP contribution >= 0.6 is 22.9 Å². The molecule has 4 rings (SSSR count). The summed E-state index contributed by atoms with van der Waals surface area (Å²) in [7, 11) is 2.64. The van der Waals surface area contributed by atoms with Crippen LogP contribution in [0.4, 0.5) is 18.9 Å². The van der Waals surface area contributed by atoms with Crippen molar-refractivity contribution in [3.63, 3.8) is 0 Å². The molecule has 0 saturated carbocycles. The van der Waals surface area contributed by atoms with Gasteiger partial charge >= 0.3 is 12.1 Å². The topological polar surface area (TPSA) is 103 Å². The second kappa shape index (κ2) is 7.91. The molecule has 1 amide bonds. The molecule has 0 atom stereocenters. The average molecular weight is 485 g/mol. The van der Waals surface area contributed by atoms with Crippen LogP contribution in [0, 0.1) is 0 Å². The number of ether oxygens (including phenoxy) is 1. The van der Waals surface area contributed by atoms with Crippen LogP contribution in [0.1, 0.15) is 26.7 Å². The molecule has 0 unspecified atom stereocenters. The van der Waals surface area contributed by atoms with E-state index in [1.165, 1.54) is 29.3 Å². The number of carbonyl (C=O) groups is 2. The molecule has 0 aromatic carbocycles. The molecule has 0 bridgehead atoms. The molecule has 1 N–H and O–H groups in total. The largest absolute Gasteiger partial charge is 0.464 e. The maximum absolute atomic E-state index is 13.7. The number of aryl methyl sites for hydroxylation is 1. The molecule has 0 aliphatic heterocycles. The van der Waals surface area contributed by atoms with Gasteiger partial charge in [0, 0.05) is 13.2 Å². The number of hydrogen-bond donors (Lipinski definition) is 1. The maximum Gasteiger partial charge on any atom is 0.433 e. The van der Waals surface area contributed by atoms with Gasteiger partial charge in [-0.05, 0) is 17.5 Å². The summed E-state index contributed by atoms with van der Waals surface area (Å²) in [5, 5.41) is 11.3. The summed E-state index contributed by atoms with van der Waals surface area (Å²) in [6, 6.07) is 4.11. The third kappa shape index (κ3) is 3.80. The van der Waals surface area contributed by atoms with Crippen molar-refractivity contribution in [2.45, 2.75) is 6.18 Å². The molecule has 14 heteroatoms. The summed E-state index contributed by atoms with van der Waals surface area (Å²) in [4.78, 5) is 29.3. The molecule has 32 heavy (non-hydrogen) atoms. The fraction of sp³-hybridized carbons (Fsp3) is 0.167. The zero-order valence-electron chi connectivity index (χ0n) is 16.3. The highest BCUT2D eigenvalue weighted by atomic mass is 35.5. The van der Waals surface area contributed by atoms with Crippen molar-refractivity contribution in [1.82, 2.24) is 24.4 Å². The van der Waals surface area contributed by atoms with Crippen molar-refractivity contribution < 1.29 is 27.5 Å². The highest BCUT2D eigenvalue weighted by Gasteiger charge is 2.37. The molecule has 9 nitrogen and oxygen atoms in total. The van der Waals surface area contributed by atoms with Crippen LogP contribution in [0.3, 0.4) is 0 Å². The zero-order valence-corrected chi connectivity index (χ0v) is 17.8. The number of alkyl halides is 3. The SMILES string of the molecule is COC(=O)c1nn(C)cc1NC(=O)c1nn2c(C(F)(F)F)cc(-c3cccs3)nc2c1Cl. The first kappa shape index (κ1) is 21.8. The molecule has 4 aromatic rings. The standard InChI is InChI=1S/C18H12ClF3N6O3S/c1-27-7-9(13(25-27)17(30)31-2)24-16(29)14-12(19)15-23-8(10-4-3-5-32-10)6-11(18(20,21)22)28(15)26-14/h3-7H,1-2H3,(H,24,29). The number of carbonyl (C=O) groups excluding carboxylic acids is 2. The van der Waals surface area contributed by atoms with Crippen LogP contribution in [0.2, 0.25) is 5.02 Å². The summed E-state index contributed by atoms with van der Waals surface area (Å²) < 4.78 is 47.5. The van der Waals surface area contributed by atoms with Gasteiger partial charge in [0.25, 0.3) is 5.91 Å². The number of halogens is 4. The van der Waals surface area contributed by atoms with Gasteiger partial charge in [-0.3, -0.25) is 9.48 Å². The molecule has 4 aromatic heterocycles. The molecule has 166 valence electrons. The van der Waals surface area contributed by atoms with Crippen molar-refractivity contribution in [2.75, 3.05) is 12.4 Å². The molecule has 0 fully saturated rings. The normalized spacial score (nSPS) is 11.7. The number of hydrogen-bond acceptors (Lipinski definition) is 7. The quantitative estimate of drug-likeness (QED) is 0.441. The van der Waals surface area contributed by atoms with E-state index in [-0.39, 0.29) is 27.7 Å². The van der Waals surface area contributed by atoms with Crippen LogP contribution in [0.25, 0.3) is 16.2 Å². The number of nitrogens with zero attached hydrogens (tertiary/aromatic N) is 5. The minimum Gasteiger partial charge on any atom is -0.464 e. The number of amides is 1. The van der Waals surface area contributed by atoms with E-state index in [1.807, 2.05) is 0 Å². The predicted molar refractivity (Wildman–Crippen MR) is 109 cm³/mol. The Kier molecular flexibility index (Phi) is 5.38. The summed E-state index contributed by atoms with van der Waals surface area (Å²) in [5.74, 6) is -1.77. The van der Waals surface area contributed by atoms with E-state index in [9.17, 15) is 22.8 Å². The van der Waals surface area contributed by atoms with Gasteiger partial charge in [0.15, 0.2) is 22.7 Å². The number of anilines is 1. The summed E-state index contributed by atoms with van der Waals surface area (Å²) in [6.45, 7) is 0. The highest BCUT2D eigenvalue weighted by Crippen LogP contribution is 2.35. The Hall–Kier alpha value is -3.45. The van der Waals surface area contributed by atoms with Crippen LogP contribution in [-0.2, 0) is 18.0 Å². The Morgan fingerprint density at radius 2 is 2.00 bits per heavy atom. The van der Waals surface area contributed by atoms with Gasteiger partial charge in [0.05, 0.1) is 23.4 Å². The second-order valence-electron chi connectivity index (χ2n) is 6.41. The van der Waals surface area contributed by atoms with Crippen LogP contribution in [0.5, 0.6) is 0 Å². The number of methoxy groups -OCH3 is 1. The van der Waals surface area contributed by atoms with Crippen LogP contribution in [0.15, 0.2) is 29.8 Å². The van der Waals surface area contributed by atoms with Crippen molar-refractivity contribution in [2.24, 2.45) is 7.05 Å². The Bertz CT molecular complexity index is 1350. The molecule has 0 aliphatic carbocycles. The molecular formula is C18H12ClF3N6O3S. The first-order valence-electron chi connectivity index (χ1n) is 8.73. The van der Waals surface area contributed by atoms with Crippen molar-refractivity contribution in [1.29, 1.82) is 0 Å². The Labute approximate surface area is 186 Å². The molecule has 0 aliphatic rings. The van der Waals surface area contributed by atoms with E-state index in [1.54, 1.807) is 17.5 Å². The third-order valence-electron chi connectivity index (χ3n) is 4.27. The van der Waals surface area contributed by atoms with E-state index < -0.39 is 29.4 Å². The fourth-order valence-corrected chi connectivity index (χ4v) is 3.83. The highest BCUT2D eigenvalue weighted by molar-refractivity contribution is 7.13. The van der Waals surface area contributed by atoms with Gasteiger partial charge in [-0.2, -0.15) is 23.4 Å². The molecular weight excluding hydrogens is 473 g/mol. The smallest absolute Gasteiger partial charge is 0.433 e. The maximum atomic E-state index is 13.7. The van der Waals surface area contributed by atoms with Gasteiger partial charge < -0.3 is 10.1 Å². The van der Waals surface area contributed by atoms with E-state index in [0.29, 0.717) is 9.39 Å². The van der Waals surface area contributed by atoms with E-state index in [2.05, 4.69) is 25.2 Å². The van der Waals surface area contributed by atoms with E-state index in [0.717, 1.165) is 13.2 Å². The molecule has 0 spiro atoms. The zero-order chi connectivity index (χ0) is 23.2. The number of fused-ring (bicyclic) bond motifs is 1. The van der Waals surface area contributed by atoms with Crippen molar-refractivity contribution in [3.8, 4) is 10.6 Å². The van der Waals surface area contributed by atoms with E-state index in [4.69, 9.17) is 11.6 Å². The minimum absolute atomic E-state index is 0.0271. The number of esters is 1. The van der Waals surface area contributed by atoms with Gasteiger partial charge in [-0.1, -0.05) is 17.7 Å². The summed E-state index contributed by atoms with van der Waals surface area (Å²) in [6.07, 6.45) is -3.47. The Morgan fingerprint density at radius 1 is 1.25 bits per heavy atom. The number of aromatic nitrogens is 5. The van der Waals surface area contributed by atoms with Crippen molar-refractivity contribution in [3.05, 3.63) is 51.9 Å². The Balaban J connectivity index is 1.82. The molecule has 0 saturated heterocycles. The van der Waals surface area contributed by atoms with Crippen LogP contribution in [-0.4, -0.2) is 43.4 Å². The van der Waals surface area contributed by atoms with Gasteiger partial charge in [0.2, 0.25) is 0 Å². The second-order valence-corrected chi connectivity index (χ2v) is 7.74.